The number of carbonyl (C=O) groups excluding carboxylic acids is 1. The summed E-state index contributed by atoms with van der Waals surface area (Å²) in [5.74, 6) is 0.570. The minimum Gasteiger partial charge on any atom is -0.497 e. The number of benzene rings is 2. The van der Waals surface area contributed by atoms with Crippen LogP contribution in [0.25, 0.3) is 0 Å². The van der Waals surface area contributed by atoms with Gasteiger partial charge in [0, 0.05) is 0 Å². The Balaban J connectivity index is 2.02. The molecule has 4 nitrogen and oxygen atoms in total. The zero-order chi connectivity index (χ0) is 15.2. The fourth-order valence-electron chi connectivity index (χ4n) is 1.81. The summed E-state index contributed by atoms with van der Waals surface area (Å²) in [6, 6.07) is 14.0. The van der Waals surface area contributed by atoms with Crippen molar-refractivity contribution in [2.75, 3.05) is 12.4 Å². The molecular weight excluding hydrogens is 288 g/mol. The van der Waals surface area contributed by atoms with Gasteiger partial charge in [-0.15, -0.1) is 0 Å². The molecule has 2 aromatic rings. The predicted octanol–water partition coefficient (Wildman–Crippen LogP) is 3.40. The third kappa shape index (κ3) is 3.98. The fourth-order valence-corrected chi connectivity index (χ4v) is 2.04. The van der Waals surface area contributed by atoms with Crippen LogP contribution in [0.3, 0.4) is 0 Å². The molecule has 0 aromatic heterocycles. The van der Waals surface area contributed by atoms with E-state index < -0.39 is 0 Å². The third-order valence-corrected chi connectivity index (χ3v) is 3.21. The van der Waals surface area contributed by atoms with E-state index in [1.807, 2.05) is 18.2 Å². The lowest BCUT2D eigenvalue weighted by molar-refractivity contribution is -0.115. The fraction of sp³-hybridized carbons (Fsp3) is 0.125. The molecule has 0 saturated heterocycles. The molecular formula is C16H13ClN2O2. The Labute approximate surface area is 127 Å². The zero-order valence-corrected chi connectivity index (χ0v) is 12.1. The summed E-state index contributed by atoms with van der Waals surface area (Å²) in [6.07, 6.45) is 0.236. The lowest BCUT2D eigenvalue weighted by Crippen LogP contribution is -2.14. The smallest absolute Gasteiger partial charge is 0.228 e. The van der Waals surface area contributed by atoms with Crippen molar-refractivity contribution in [3.8, 4) is 11.8 Å². The number of nitrogens with zero attached hydrogens (tertiary/aromatic N) is 1. The Kier molecular flexibility index (Phi) is 4.81. The van der Waals surface area contributed by atoms with Crippen LogP contribution >= 0.6 is 11.6 Å². The van der Waals surface area contributed by atoms with Crippen LogP contribution in [-0.2, 0) is 11.2 Å². The standard InChI is InChI=1S/C16H13ClN2O2/c1-21-13-5-2-11(3-6-13)9-16(20)19-15-7-4-12(10-18)8-14(15)17/h2-8H,9H2,1H3,(H,19,20). The highest BCUT2D eigenvalue weighted by Crippen LogP contribution is 2.23. The molecule has 2 rings (SSSR count). The van der Waals surface area contributed by atoms with E-state index in [4.69, 9.17) is 21.6 Å². The summed E-state index contributed by atoms with van der Waals surface area (Å²) >= 11 is 6.01. The third-order valence-electron chi connectivity index (χ3n) is 2.90. The summed E-state index contributed by atoms with van der Waals surface area (Å²) in [5, 5.41) is 11.8. The van der Waals surface area contributed by atoms with Gasteiger partial charge < -0.3 is 10.1 Å². The number of nitrogens with one attached hydrogen (secondary N) is 1. The van der Waals surface area contributed by atoms with Crippen LogP contribution in [0.2, 0.25) is 5.02 Å². The Hall–Kier alpha value is -2.51. The molecule has 0 bridgehead atoms. The van der Waals surface area contributed by atoms with Gasteiger partial charge in [0.25, 0.3) is 0 Å². The Morgan fingerprint density at radius 2 is 2.00 bits per heavy atom. The minimum absolute atomic E-state index is 0.174. The first-order chi connectivity index (χ1) is 10.1. The van der Waals surface area contributed by atoms with Crippen molar-refractivity contribution >= 4 is 23.2 Å². The van der Waals surface area contributed by atoms with E-state index in [1.165, 1.54) is 6.07 Å². The molecule has 0 spiro atoms. The van der Waals surface area contributed by atoms with Crippen molar-refractivity contribution in [1.29, 1.82) is 5.26 Å². The first-order valence-electron chi connectivity index (χ1n) is 6.25. The van der Waals surface area contributed by atoms with Gasteiger partial charge in [-0.2, -0.15) is 5.26 Å². The number of carbonyl (C=O) groups is 1. The molecule has 0 aliphatic rings. The first-order valence-corrected chi connectivity index (χ1v) is 6.62. The first kappa shape index (κ1) is 14.9. The van der Waals surface area contributed by atoms with Crippen molar-refractivity contribution in [1.82, 2.24) is 0 Å². The van der Waals surface area contributed by atoms with E-state index in [0.717, 1.165) is 11.3 Å². The molecule has 0 radical (unpaired) electrons. The summed E-state index contributed by atoms with van der Waals surface area (Å²) in [7, 11) is 1.59. The number of halogens is 1. The average molecular weight is 301 g/mol. The largest absolute Gasteiger partial charge is 0.497 e. The number of anilines is 1. The van der Waals surface area contributed by atoms with Crippen LogP contribution < -0.4 is 10.1 Å². The second kappa shape index (κ2) is 6.78. The van der Waals surface area contributed by atoms with Crippen molar-refractivity contribution in [2.45, 2.75) is 6.42 Å². The van der Waals surface area contributed by atoms with Crippen LogP contribution in [0.5, 0.6) is 5.75 Å². The van der Waals surface area contributed by atoms with Gasteiger partial charge in [-0.3, -0.25) is 4.79 Å². The predicted molar refractivity (Wildman–Crippen MR) is 81.5 cm³/mol. The van der Waals surface area contributed by atoms with E-state index >= 15 is 0 Å². The average Bonchev–Trinajstić information content (AvgIpc) is 2.50. The number of hydrogen-bond acceptors (Lipinski definition) is 3. The van der Waals surface area contributed by atoms with Crippen molar-refractivity contribution in [3.63, 3.8) is 0 Å². The topological polar surface area (TPSA) is 62.1 Å². The maximum Gasteiger partial charge on any atom is 0.228 e. The SMILES string of the molecule is COc1ccc(CC(=O)Nc2ccc(C#N)cc2Cl)cc1. The Morgan fingerprint density at radius 3 is 2.57 bits per heavy atom. The van der Waals surface area contributed by atoms with Gasteiger partial charge in [0.15, 0.2) is 0 Å². The lowest BCUT2D eigenvalue weighted by Gasteiger charge is -2.08. The summed E-state index contributed by atoms with van der Waals surface area (Å²) in [5.41, 5.74) is 1.82. The van der Waals surface area contributed by atoms with Crippen molar-refractivity contribution < 1.29 is 9.53 Å². The van der Waals surface area contributed by atoms with E-state index in [2.05, 4.69) is 5.32 Å². The maximum atomic E-state index is 12.0. The second-order valence-corrected chi connectivity index (χ2v) is 4.79. The maximum absolute atomic E-state index is 12.0. The van der Waals surface area contributed by atoms with Crippen LogP contribution in [-0.4, -0.2) is 13.0 Å². The monoisotopic (exact) mass is 300 g/mol. The van der Waals surface area contributed by atoms with Crippen molar-refractivity contribution in [2.24, 2.45) is 0 Å². The Bertz CT molecular complexity index is 690. The molecule has 21 heavy (non-hydrogen) atoms. The summed E-state index contributed by atoms with van der Waals surface area (Å²) < 4.78 is 5.06. The highest BCUT2D eigenvalue weighted by Gasteiger charge is 2.08. The molecule has 0 saturated carbocycles. The number of nitriles is 1. The van der Waals surface area contributed by atoms with E-state index in [-0.39, 0.29) is 12.3 Å². The van der Waals surface area contributed by atoms with E-state index in [0.29, 0.717) is 16.3 Å². The van der Waals surface area contributed by atoms with Gasteiger partial charge in [0.1, 0.15) is 5.75 Å². The van der Waals surface area contributed by atoms with Gasteiger partial charge in [-0.05, 0) is 35.9 Å². The molecule has 5 heteroatoms. The minimum atomic E-state index is -0.174. The van der Waals surface area contributed by atoms with Gasteiger partial charge >= 0.3 is 0 Å². The molecule has 0 heterocycles. The zero-order valence-electron chi connectivity index (χ0n) is 11.4. The molecule has 0 atom stereocenters. The normalized spacial score (nSPS) is 9.76. The quantitative estimate of drug-likeness (QED) is 0.941. The van der Waals surface area contributed by atoms with Gasteiger partial charge in [0.2, 0.25) is 5.91 Å². The van der Waals surface area contributed by atoms with E-state index in [1.54, 1.807) is 31.4 Å². The van der Waals surface area contributed by atoms with E-state index in [9.17, 15) is 4.79 Å². The van der Waals surface area contributed by atoms with Gasteiger partial charge in [-0.1, -0.05) is 23.7 Å². The number of rotatable bonds is 4. The molecule has 2 aromatic carbocycles. The number of ether oxygens (including phenoxy) is 1. The lowest BCUT2D eigenvalue weighted by atomic mass is 10.1. The van der Waals surface area contributed by atoms with Crippen LogP contribution in [0.1, 0.15) is 11.1 Å². The molecule has 106 valence electrons. The van der Waals surface area contributed by atoms with Crippen molar-refractivity contribution in [3.05, 3.63) is 58.6 Å². The number of amides is 1. The van der Waals surface area contributed by atoms with Gasteiger partial charge in [0.05, 0.1) is 35.9 Å². The highest BCUT2D eigenvalue weighted by molar-refractivity contribution is 6.33. The number of methoxy groups -OCH3 is 1. The summed E-state index contributed by atoms with van der Waals surface area (Å²) in [6.45, 7) is 0. The highest BCUT2D eigenvalue weighted by atomic mass is 35.5. The molecule has 0 fully saturated rings. The van der Waals surface area contributed by atoms with Crippen LogP contribution in [0.4, 0.5) is 5.69 Å². The Morgan fingerprint density at radius 1 is 1.29 bits per heavy atom. The van der Waals surface area contributed by atoms with Crippen LogP contribution in [0, 0.1) is 11.3 Å². The molecule has 1 N–H and O–H groups in total. The molecule has 0 aliphatic heterocycles. The molecule has 0 aliphatic carbocycles. The summed E-state index contributed by atoms with van der Waals surface area (Å²) in [4.78, 5) is 12.0. The van der Waals surface area contributed by atoms with Crippen LogP contribution in [0.15, 0.2) is 42.5 Å². The number of hydrogen-bond donors (Lipinski definition) is 1. The molecule has 1 amide bonds. The van der Waals surface area contributed by atoms with Gasteiger partial charge in [-0.25, -0.2) is 0 Å². The molecule has 0 unspecified atom stereocenters. The second-order valence-electron chi connectivity index (χ2n) is 4.38.